The first-order valence-corrected chi connectivity index (χ1v) is 6.88. The molecule has 1 aliphatic rings. The second-order valence-corrected chi connectivity index (χ2v) is 5.70. The average Bonchev–Trinajstić information content (AvgIpc) is 2.88. The lowest BCUT2D eigenvalue weighted by Gasteiger charge is -2.34. The van der Waals surface area contributed by atoms with Crippen LogP contribution >= 0.6 is 0 Å². The third kappa shape index (κ3) is 2.68. The van der Waals surface area contributed by atoms with E-state index < -0.39 is 0 Å². The summed E-state index contributed by atoms with van der Waals surface area (Å²) >= 11 is 0. The van der Waals surface area contributed by atoms with E-state index in [2.05, 4.69) is 26.8 Å². The van der Waals surface area contributed by atoms with Crippen LogP contribution in [0.15, 0.2) is 37.1 Å². The quantitative estimate of drug-likeness (QED) is 0.916. The number of piperidine rings is 1. The van der Waals surface area contributed by atoms with E-state index in [4.69, 9.17) is 0 Å². The normalized spacial score (nSPS) is 18.4. The van der Waals surface area contributed by atoms with E-state index in [1.54, 1.807) is 0 Å². The highest BCUT2D eigenvalue weighted by molar-refractivity contribution is 5.57. The molecule has 0 saturated carbocycles. The number of hydrogen-bond donors (Lipinski definition) is 1. The molecule has 1 fully saturated rings. The smallest absolute Gasteiger partial charge is 0.0951 e. The molecule has 1 aliphatic heterocycles. The molecule has 1 N–H and O–H groups in total. The van der Waals surface area contributed by atoms with E-state index in [9.17, 15) is 0 Å². The molecule has 0 aromatic carbocycles. The van der Waals surface area contributed by atoms with Crippen molar-refractivity contribution in [3.63, 3.8) is 0 Å². The van der Waals surface area contributed by atoms with Gasteiger partial charge >= 0.3 is 0 Å². The first kappa shape index (κ1) is 12.4. The number of nitrogens with zero attached hydrogens (tertiary/aromatic N) is 3. The van der Waals surface area contributed by atoms with Crippen LogP contribution in [0, 0.1) is 5.41 Å². The molecule has 3 heterocycles. The molecule has 0 atom stereocenters. The molecule has 0 spiro atoms. The highest BCUT2D eigenvalue weighted by atomic mass is 15.1. The van der Waals surface area contributed by atoms with Crippen molar-refractivity contribution in [3.05, 3.63) is 37.1 Å². The largest absolute Gasteiger partial charge is 0.330 e. The minimum absolute atomic E-state index is 0.369. The average molecular weight is 256 g/mol. The van der Waals surface area contributed by atoms with Gasteiger partial charge in [0.1, 0.15) is 0 Å². The van der Waals surface area contributed by atoms with Crippen LogP contribution in [0.5, 0.6) is 0 Å². The Hall–Kier alpha value is -1.68. The molecular formula is C15H20N4. The third-order valence-corrected chi connectivity index (χ3v) is 4.05. The van der Waals surface area contributed by atoms with Crippen molar-refractivity contribution in [1.82, 2.24) is 19.9 Å². The lowest BCUT2D eigenvalue weighted by Crippen LogP contribution is -2.37. The van der Waals surface area contributed by atoms with Gasteiger partial charge in [0.2, 0.25) is 0 Å². The van der Waals surface area contributed by atoms with E-state index in [0.29, 0.717) is 5.41 Å². The SMILES string of the molecule is CC1(Cn2cncc2-c2ccncc2)CCNCC1. The maximum absolute atomic E-state index is 4.32. The van der Waals surface area contributed by atoms with Gasteiger partial charge in [-0.05, 0) is 43.5 Å². The van der Waals surface area contributed by atoms with Crippen LogP contribution in [0.3, 0.4) is 0 Å². The molecule has 2 aromatic heterocycles. The predicted molar refractivity (Wildman–Crippen MR) is 75.7 cm³/mol. The summed E-state index contributed by atoms with van der Waals surface area (Å²) < 4.78 is 2.28. The number of pyridine rings is 1. The van der Waals surface area contributed by atoms with Gasteiger partial charge in [-0.3, -0.25) is 4.98 Å². The Labute approximate surface area is 113 Å². The lowest BCUT2D eigenvalue weighted by molar-refractivity contribution is 0.195. The number of hydrogen-bond acceptors (Lipinski definition) is 3. The monoisotopic (exact) mass is 256 g/mol. The van der Waals surface area contributed by atoms with Gasteiger partial charge in [0, 0.05) is 24.5 Å². The molecule has 4 heteroatoms. The summed E-state index contributed by atoms with van der Waals surface area (Å²) in [5, 5.41) is 3.43. The van der Waals surface area contributed by atoms with Crippen LogP contribution in [-0.2, 0) is 6.54 Å². The molecule has 3 rings (SSSR count). The molecule has 4 nitrogen and oxygen atoms in total. The summed E-state index contributed by atoms with van der Waals surface area (Å²) in [6, 6.07) is 4.08. The second kappa shape index (κ2) is 5.13. The summed E-state index contributed by atoms with van der Waals surface area (Å²) in [4.78, 5) is 8.40. The zero-order valence-corrected chi connectivity index (χ0v) is 11.3. The highest BCUT2D eigenvalue weighted by Crippen LogP contribution is 2.31. The summed E-state index contributed by atoms with van der Waals surface area (Å²) in [7, 11) is 0. The van der Waals surface area contributed by atoms with E-state index in [1.165, 1.54) is 24.1 Å². The Balaban J connectivity index is 1.84. The molecule has 1 saturated heterocycles. The molecule has 0 radical (unpaired) electrons. The predicted octanol–water partition coefficient (Wildman–Crippen LogP) is 2.33. The maximum atomic E-state index is 4.32. The Kier molecular flexibility index (Phi) is 3.34. The topological polar surface area (TPSA) is 42.7 Å². The number of rotatable bonds is 3. The Morgan fingerprint density at radius 3 is 2.68 bits per heavy atom. The van der Waals surface area contributed by atoms with Crippen LogP contribution in [0.25, 0.3) is 11.3 Å². The van der Waals surface area contributed by atoms with Gasteiger partial charge in [-0.1, -0.05) is 6.92 Å². The zero-order chi connectivity index (χ0) is 13.1. The third-order valence-electron chi connectivity index (χ3n) is 4.05. The highest BCUT2D eigenvalue weighted by Gasteiger charge is 2.27. The second-order valence-electron chi connectivity index (χ2n) is 5.70. The van der Waals surface area contributed by atoms with Crippen molar-refractivity contribution in [2.75, 3.05) is 13.1 Å². The fourth-order valence-corrected chi connectivity index (χ4v) is 2.81. The first-order valence-electron chi connectivity index (χ1n) is 6.88. The van der Waals surface area contributed by atoms with E-state index >= 15 is 0 Å². The Morgan fingerprint density at radius 2 is 1.95 bits per heavy atom. The van der Waals surface area contributed by atoms with E-state index in [-0.39, 0.29) is 0 Å². The van der Waals surface area contributed by atoms with Crippen molar-refractivity contribution in [3.8, 4) is 11.3 Å². The molecule has 19 heavy (non-hydrogen) atoms. The van der Waals surface area contributed by atoms with Gasteiger partial charge in [0.25, 0.3) is 0 Å². The molecule has 100 valence electrons. The van der Waals surface area contributed by atoms with Gasteiger partial charge < -0.3 is 9.88 Å². The van der Waals surface area contributed by atoms with Crippen molar-refractivity contribution >= 4 is 0 Å². The molecule has 0 unspecified atom stereocenters. The molecular weight excluding hydrogens is 236 g/mol. The van der Waals surface area contributed by atoms with Crippen molar-refractivity contribution in [2.24, 2.45) is 5.41 Å². The standard InChI is InChI=1S/C15H20N4/c1-15(4-8-17-9-5-15)11-19-12-18-10-14(19)13-2-6-16-7-3-13/h2-3,6-7,10,12,17H,4-5,8-9,11H2,1H3. The van der Waals surface area contributed by atoms with E-state index in [1.807, 2.05) is 37.1 Å². The summed E-state index contributed by atoms with van der Waals surface area (Å²) in [6.45, 7) is 5.65. The fraction of sp³-hybridized carbons (Fsp3) is 0.467. The van der Waals surface area contributed by atoms with Crippen LogP contribution in [0.1, 0.15) is 19.8 Å². The van der Waals surface area contributed by atoms with Gasteiger partial charge in [0.15, 0.2) is 0 Å². The summed E-state index contributed by atoms with van der Waals surface area (Å²) in [6.07, 6.45) is 10.0. The number of aromatic nitrogens is 3. The fourth-order valence-electron chi connectivity index (χ4n) is 2.81. The van der Waals surface area contributed by atoms with Gasteiger partial charge in [-0.2, -0.15) is 0 Å². The van der Waals surface area contributed by atoms with Gasteiger partial charge in [0.05, 0.1) is 18.2 Å². The lowest BCUT2D eigenvalue weighted by atomic mass is 9.81. The Bertz CT molecular complexity index is 526. The minimum Gasteiger partial charge on any atom is -0.330 e. The molecule has 0 amide bonds. The van der Waals surface area contributed by atoms with Crippen LogP contribution in [0.4, 0.5) is 0 Å². The molecule has 0 bridgehead atoms. The zero-order valence-electron chi connectivity index (χ0n) is 11.3. The van der Waals surface area contributed by atoms with Crippen molar-refractivity contribution in [1.29, 1.82) is 0 Å². The summed E-state index contributed by atoms with van der Waals surface area (Å²) in [5.41, 5.74) is 2.74. The van der Waals surface area contributed by atoms with Gasteiger partial charge in [-0.15, -0.1) is 0 Å². The maximum Gasteiger partial charge on any atom is 0.0951 e. The van der Waals surface area contributed by atoms with Crippen LogP contribution < -0.4 is 5.32 Å². The van der Waals surface area contributed by atoms with E-state index in [0.717, 1.165) is 19.6 Å². The molecule has 2 aromatic rings. The van der Waals surface area contributed by atoms with Crippen molar-refractivity contribution in [2.45, 2.75) is 26.3 Å². The van der Waals surface area contributed by atoms with Crippen molar-refractivity contribution < 1.29 is 0 Å². The minimum atomic E-state index is 0.369. The van der Waals surface area contributed by atoms with Gasteiger partial charge in [-0.25, -0.2) is 4.98 Å². The van der Waals surface area contributed by atoms with Crippen LogP contribution in [0.2, 0.25) is 0 Å². The number of imidazole rings is 1. The van der Waals surface area contributed by atoms with Crippen LogP contribution in [-0.4, -0.2) is 27.6 Å². The molecule has 0 aliphatic carbocycles. The first-order chi connectivity index (χ1) is 9.27. The Morgan fingerprint density at radius 1 is 1.21 bits per heavy atom. The summed E-state index contributed by atoms with van der Waals surface area (Å²) in [5.74, 6) is 0. The number of nitrogens with one attached hydrogen (secondary N) is 1.